The minimum absolute atomic E-state index is 0.241. The van der Waals surface area contributed by atoms with Gasteiger partial charge in [-0.05, 0) is 43.2 Å². The zero-order chi connectivity index (χ0) is 15.0. The molecule has 0 saturated heterocycles. The standard InChI is InChI=1S/C18H24N2O/c1-12-13(2)21-16(20-12)11-19-17-15-8-6-5-7-14(15)9-10-18(17,3)4/h5-8,17,19H,9-11H2,1-4H3. The molecular weight excluding hydrogens is 260 g/mol. The van der Waals surface area contributed by atoms with E-state index in [2.05, 4.69) is 48.4 Å². The highest BCUT2D eigenvalue weighted by molar-refractivity contribution is 5.34. The van der Waals surface area contributed by atoms with Crippen LogP contribution in [0.5, 0.6) is 0 Å². The second kappa shape index (κ2) is 5.30. The van der Waals surface area contributed by atoms with Crippen LogP contribution in [0.25, 0.3) is 0 Å². The smallest absolute Gasteiger partial charge is 0.208 e. The first-order chi connectivity index (χ1) is 9.97. The van der Waals surface area contributed by atoms with Gasteiger partial charge in [-0.1, -0.05) is 38.1 Å². The number of nitrogens with zero attached hydrogens (tertiary/aromatic N) is 1. The highest BCUT2D eigenvalue weighted by Gasteiger charge is 2.35. The molecule has 0 amide bonds. The average molecular weight is 284 g/mol. The fourth-order valence-corrected chi connectivity index (χ4v) is 3.26. The van der Waals surface area contributed by atoms with Gasteiger partial charge in [-0.15, -0.1) is 0 Å². The SMILES string of the molecule is Cc1nc(CNC2c3ccccc3CCC2(C)C)oc1C. The first kappa shape index (κ1) is 14.3. The van der Waals surface area contributed by atoms with Crippen LogP contribution in [0.3, 0.4) is 0 Å². The molecule has 2 aromatic rings. The van der Waals surface area contributed by atoms with Crippen LogP contribution in [0.2, 0.25) is 0 Å². The number of oxazole rings is 1. The van der Waals surface area contributed by atoms with Gasteiger partial charge in [-0.2, -0.15) is 0 Å². The van der Waals surface area contributed by atoms with E-state index in [-0.39, 0.29) is 5.41 Å². The highest BCUT2D eigenvalue weighted by atomic mass is 16.4. The van der Waals surface area contributed by atoms with E-state index in [0.717, 1.165) is 17.3 Å². The third-order valence-electron chi connectivity index (χ3n) is 4.72. The number of rotatable bonds is 3. The molecule has 3 rings (SSSR count). The average Bonchev–Trinajstić information content (AvgIpc) is 2.76. The predicted octanol–water partition coefficient (Wildman–Crippen LogP) is 4.09. The summed E-state index contributed by atoms with van der Waals surface area (Å²) >= 11 is 0. The summed E-state index contributed by atoms with van der Waals surface area (Å²) in [6.45, 7) is 9.31. The van der Waals surface area contributed by atoms with Gasteiger partial charge in [-0.3, -0.25) is 0 Å². The molecule has 3 nitrogen and oxygen atoms in total. The zero-order valence-electron chi connectivity index (χ0n) is 13.4. The second-order valence-electron chi connectivity index (χ2n) is 6.75. The summed E-state index contributed by atoms with van der Waals surface area (Å²) in [4.78, 5) is 4.47. The molecule has 1 aromatic carbocycles. The quantitative estimate of drug-likeness (QED) is 0.922. The number of benzene rings is 1. The summed E-state index contributed by atoms with van der Waals surface area (Å²) in [5, 5.41) is 3.67. The van der Waals surface area contributed by atoms with E-state index in [1.54, 1.807) is 0 Å². The first-order valence-electron chi connectivity index (χ1n) is 7.71. The summed E-state index contributed by atoms with van der Waals surface area (Å²) in [6.07, 6.45) is 2.36. The van der Waals surface area contributed by atoms with Crippen molar-refractivity contribution in [2.24, 2.45) is 5.41 Å². The fourth-order valence-electron chi connectivity index (χ4n) is 3.26. The Hall–Kier alpha value is -1.61. The van der Waals surface area contributed by atoms with Crippen molar-refractivity contribution < 1.29 is 4.42 Å². The lowest BCUT2D eigenvalue weighted by molar-refractivity contribution is 0.203. The molecule has 3 heteroatoms. The molecule has 0 fully saturated rings. The molecule has 0 saturated carbocycles. The van der Waals surface area contributed by atoms with Crippen molar-refractivity contribution in [3.8, 4) is 0 Å². The third-order valence-corrected chi connectivity index (χ3v) is 4.72. The largest absolute Gasteiger partial charge is 0.444 e. The molecule has 1 aromatic heterocycles. The lowest BCUT2D eigenvalue weighted by Gasteiger charge is -2.40. The van der Waals surface area contributed by atoms with Crippen LogP contribution in [-0.4, -0.2) is 4.98 Å². The predicted molar refractivity (Wildman–Crippen MR) is 84.1 cm³/mol. The number of aryl methyl sites for hydroxylation is 3. The van der Waals surface area contributed by atoms with Crippen molar-refractivity contribution in [2.45, 2.75) is 53.1 Å². The van der Waals surface area contributed by atoms with E-state index in [4.69, 9.17) is 4.42 Å². The number of nitrogens with one attached hydrogen (secondary N) is 1. The Bertz CT molecular complexity index is 623. The van der Waals surface area contributed by atoms with Crippen LogP contribution in [0.4, 0.5) is 0 Å². The Kier molecular flexibility index (Phi) is 3.62. The molecule has 112 valence electrons. The highest BCUT2D eigenvalue weighted by Crippen LogP contribution is 2.43. The maximum Gasteiger partial charge on any atom is 0.208 e. The number of hydrogen-bond donors (Lipinski definition) is 1. The van der Waals surface area contributed by atoms with Crippen molar-refractivity contribution in [3.63, 3.8) is 0 Å². The molecule has 0 aliphatic heterocycles. The molecule has 1 N–H and O–H groups in total. The van der Waals surface area contributed by atoms with Crippen LogP contribution >= 0.6 is 0 Å². The van der Waals surface area contributed by atoms with Gasteiger partial charge in [0.2, 0.25) is 5.89 Å². The molecule has 1 heterocycles. The van der Waals surface area contributed by atoms with Crippen molar-refractivity contribution in [1.82, 2.24) is 10.3 Å². The minimum atomic E-state index is 0.241. The molecule has 0 spiro atoms. The van der Waals surface area contributed by atoms with E-state index in [1.807, 2.05) is 13.8 Å². The van der Waals surface area contributed by atoms with Gasteiger partial charge in [0.1, 0.15) is 5.76 Å². The summed E-state index contributed by atoms with van der Waals surface area (Å²) in [6, 6.07) is 9.11. The van der Waals surface area contributed by atoms with Crippen LogP contribution in [0.15, 0.2) is 28.7 Å². The fraction of sp³-hybridized carbons (Fsp3) is 0.500. The van der Waals surface area contributed by atoms with Crippen LogP contribution in [0.1, 0.15) is 54.8 Å². The summed E-state index contributed by atoms with van der Waals surface area (Å²) < 4.78 is 5.69. The lowest BCUT2D eigenvalue weighted by Crippen LogP contribution is -2.37. The molecule has 0 bridgehead atoms. The lowest BCUT2D eigenvalue weighted by atomic mass is 9.70. The van der Waals surface area contributed by atoms with Gasteiger partial charge >= 0.3 is 0 Å². The van der Waals surface area contributed by atoms with Gasteiger partial charge in [0.25, 0.3) is 0 Å². The van der Waals surface area contributed by atoms with E-state index >= 15 is 0 Å². The minimum Gasteiger partial charge on any atom is -0.444 e. The summed E-state index contributed by atoms with van der Waals surface area (Å²) in [5.74, 6) is 1.69. The first-order valence-corrected chi connectivity index (χ1v) is 7.71. The Labute approximate surface area is 126 Å². The van der Waals surface area contributed by atoms with Gasteiger partial charge in [-0.25, -0.2) is 4.98 Å². The number of fused-ring (bicyclic) bond motifs is 1. The van der Waals surface area contributed by atoms with Crippen LogP contribution < -0.4 is 5.32 Å². The molecule has 0 radical (unpaired) electrons. The van der Waals surface area contributed by atoms with Gasteiger partial charge in [0, 0.05) is 6.04 Å². The molecular formula is C18H24N2O. The van der Waals surface area contributed by atoms with E-state index < -0.39 is 0 Å². The van der Waals surface area contributed by atoms with Gasteiger partial charge < -0.3 is 9.73 Å². The van der Waals surface area contributed by atoms with Crippen molar-refractivity contribution in [2.75, 3.05) is 0 Å². The van der Waals surface area contributed by atoms with Crippen molar-refractivity contribution in [3.05, 3.63) is 52.7 Å². The second-order valence-corrected chi connectivity index (χ2v) is 6.75. The van der Waals surface area contributed by atoms with Crippen molar-refractivity contribution in [1.29, 1.82) is 0 Å². The monoisotopic (exact) mass is 284 g/mol. The van der Waals surface area contributed by atoms with Crippen LogP contribution in [-0.2, 0) is 13.0 Å². The Morgan fingerprint density at radius 2 is 2.05 bits per heavy atom. The maximum atomic E-state index is 5.69. The number of aromatic nitrogens is 1. The van der Waals surface area contributed by atoms with E-state index in [9.17, 15) is 0 Å². The molecule has 1 atom stereocenters. The molecule has 1 aliphatic rings. The van der Waals surface area contributed by atoms with Crippen LogP contribution in [0, 0.1) is 19.3 Å². The zero-order valence-corrected chi connectivity index (χ0v) is 13.4. The van der Waals surface area contributed by atoms with E-state index in [1.165, 1.54) is 24.0 Å². The van der Waals surface area contributed by atoms with E-state index in [0.29, 0.717) is 12.6 Å². The topological polar surface area (TPSA) is 38.1 Å². The normalized spacial score (nSPS) is 20.3. The number of hydrogen-bond acceptors (Lipinski definition) is 3. The molecule has 1 unspecified atom stereocenters. The molecule has 1 aliphatic carbocycles. The third kappa shape index (κ3) is 2.75. The maximum absolute atomic E-state index is 5.69. The Morgan fingerprint density at radius 1 is 1.29 bits per heavy atom. The van der Waals surface area contributed by atoms with Gasteiger partial charge in [0.05, 0.1) is 12.2 Å². The summed E-state index contributed by atoms with van der Waals surface area (Å²) in [5.41, 5.74) is 4.11. The molecule has 21 heavy (non-hydrogen) atoms. The Balaban J connectivity index is 1.82. The Morgan fingerprint density at radius 3 is 2.76 bits per heavy atom. The van der Waals surface area contributed by atoms with Gasteiger partial charge in [0.15, 0.2) is 0 Å². The van der Waals surface area contributed by atoms with Crippen molar-refractivity contribution >= 4 is 0 Å². The summed E-state index contributed by atoms with van der Waals surface area (Å²) in [7, 11) is 0.